The van der Waals surface area contributed by atoms with Gasteiger partial charge in [-0.05, 0) is 42.7 Å². The molecule has 2 aromatic rings. The van der Waals surface area contributed by atoms with Crippen molar-refractivity contribution in [2.24, 2.45) is 0 Å². The van der Waals surface area contributed by atoms with Crippen LogP contribution in [0.3, 0.4) is 0 Å². The molecule has 6 heteroatoms. The number of aliphatic carboxylic acids is 1. The van der Waals surface area contributed by atoms with Crippen LogP contribution in [0.25, 0.3) is 0 Å². The van der Waals surface area contributed by atoms with Gasteiger partial charge in [0.05, 0.1) is 12.0 Å². The molecule has 1 heterocycles. The van der Waals surface area contributed by atoms with Crippen molar-refractivity contribution in [3.05, 3.63) is 52.6 Å². The van der Waals surface area contributed by atoms with E-state index in [0.717, 1.165) is 24.0 Å². The van der Waals surface area contributed by atoms with E-state index in [4.69, 9.17) is 14.6 Å². The quantitative estimate of drug-likeness (QED) is 0.676. The topological polar surface area (TPSA) is 93.1 Å². The van der Waals surface area contributed by atoms with E-state index in [1.807, 2.05) is 6.07 Å². The molecule has 28 heavy (non-hydrogen) atoms. The van der Waals surface area contributed by atoms with E-state index in [2.05, 4.69) is 6.92 Å². The molecule has 0 aromatic heterocycles. The number of ketones is 1. The molecule has 1 aliphatic rings. The fourth-order valence-corrected chi connectivity index (χ4v) is 3.46. The first-order chi connectivity index (χ1) is 13.4. The second-order valence-electron chi connectivity index (χ2n) is 7.01. The second-order valence-corrected chi connectivity index (χ2v) is 7.01. The van der Waals surface area contributed by atoms with E-state index in [-0.39, 0.29) is 24.1 Å². The van der Waals surface area contributed by atoms with Crippen LogP contribution < -0.4 is 9.47 Å². The molecule has 3 rings (SSSR count). The van der Waals surface area contributed by atoms with E-state index in [1.165, 1.54) is 6.92 Å². The summed E-state index contributed by atoms with van der Waals surface area (Å²) in [6.45, 7) is 3.76. The number of fused-ring (bicyclic) bond motifs is 1. The van der Waals surface area contributed by atoms with Crippen LogP contribution in [0.2, 0.25) is 0 Å². The lowest BCUT2D eigenvalue weighted by Gasteiger charge is -2.16. The number of carbonyl (C=O) groups excluding carboxylic acids is 1. The van der Waals surface area contributed by atoms with Gasteiger partial charge in [-0.1, -0.05) is 25.5 Å². The maximum absolute atomic E-state index is 11.6. The number of aromatic hydroxyl groups is 1. The third-order valence-electron chi connectivity index (χ3n) is 4.77. The maximum Gasteiger partial charge on any atom is 0.307 e. The average Bonchev–Trinajstić information content (AvgIpc) is 3.05. The zero-order chi connectivity index (χ0) is 20.3. The summed E-state index contributed by atoms with van der Waals surface area (Å²) in [6.07, 6.45) is 1.88. The van der Waals surface area contributed by atoms with Crippen LogP contribution in [-0.2, 0) is 24.1 Å². The Bertz CT molecular complexity index is 902. The number of phenols is 1. The molecular formula is C22H24O6. The molecule has 0 aliphatic carbocycles. The predicted molar refractivity (Wildman–Crippen MR) is 104 cm³/mol. The van der Waals surface area contributed by atoms with Crippen molar-refractivity contribution in [1.29, 1.82) is 0 Å². The highest BCUT2D eigenvalue weighted by Crippen LogP contribution is 2.38. The first-order valence-electron chi connectivity index (χ1n) is 9.37. The van der Waals surface area contributed by atoms with Crippen molar-refractivity contribution in [2.45, 2.75) is 45.6 Å². The number of aryl methyl sites for hydroxylation is 1. The summed E-state index contributed by atoms with van der Waals surface area (Å²) in [4.78, 5) is 22.5. The predicted octanol–water partition coefficient (Wildman–Crippen LogP) is 3.56. The summed E-state index contributed by atoms with van der Waals surface area (Å²) in [5, 5.41) is 19.3. The summed E-state index contributed by atoms with van der Waals surface area (Å²) in [7, 11) is 0. The van der Waals surface area contributed by atoms with Crippen molar-refractivity contribution in [2.75, 3.05) is 6.61 Å². The first-order valence-corrected chi connectivity index (χ1v) is 9.37. The van der Waals surface area contributed by atoms with Crippen molar-refractivity contribution in [3.63, 3.8) is 0 Å². The minimum absolute atomic E-state index is 0.0165. The Labute approximate surface area is 163 Å². The van der Waals surface area contributed by atoms with Gasteiger partial charge >= 0.3 is 5.97 Å². The standard InChI is InChI=1S/C22H24O6/c1-3-4-15-9-14(10-21(24)25)5-7-19(15)27-12-16-11-18-20(28-16)8-6-17(13(2)23)22(18)26/h5-9,16,26H,3-4,10-12H2,1-2H3,(H,24,25). The molecule has 148 valence electrons. The van der Waals surface area contributed by atoms with Crippen molar-refractivity contribution in [1.82, 2.24) is 0 Å². The highest BCUT2D eigenvalue weighted by Gasteiger charge is 2.28. The lowest BCUT2D eigenvalue weighted by atomic mass is 10.0. The van der Waals surface area contributed by atoms with E-state index in [1.54, 1.807) is 24.3 Å². The Morgan fingerprint density at radius 2 is 2.04 bits per heavy atom. The molecule has 1 atom stereocenters. The molecule has 0 amide bonds. The number of Topliss-reactive ketones (excluding diaryl/α,β-unsaturated/α-hetero) is 1. The number of hydrogen-bond acceptors (Lipinski definition) is 5. The third-order valence-corrected chi connectivity index (χ3v) is 4.77. The molecule has 2 aromatic carbocycles. The number of benzene rings is 2. The van der Waals surface area contributed by atoms with Crippen LogP contribution >= 0.6 is 0 Å². The molecule has 0 saturated heterocycles. The summed E-state index contributed by atoms with van der Waals surface area (Å²) in [5.74, 6) is 0.215. The zero-order valence-corrected chi connectivity index (χ0v) is 16.0. The van der Waals surface area contributed by atoms with E-state index < -0.39 is 5.97 Å². The van der Waals surface area contributed by atoms with Gasteiger partial charge < -0.3 is 19.7 Å². The van der Waals surface area contributed by atoms with Crippen molar-refractivity contribution in [3.8, 4) is 17.2 Å². The van der Waals surface area contributed by atoms with Crippen molar-refractivity contribution >= 4 is 11.8 Å². The number of ether oxygens (including phenoxy) is 2. The van der Waals surface area contributed by atoms with Gasteiger partial charge in [-0.25, -0.2) is 0 Å². The van der Waals surface area contributed by atoms with Crippen LogP contribution in [0.4, 0.5) is 0 Å². The van der Waals surface area contributed by atoms with Gasteiger partial charge in [0.1, 0.15) is 30.0 Å². The molecule has 1 aliphatic heterocycles. The smallest absolute Gasteiger partial charge is 0.307 e. The number of carboxylic acid groups (broad SMARTS) is 1. The lowest BCUT2D eigenvalue weighted by molar-refractivity contribution is -0.136. The van der Waals surface area contributed by atoms with E-state index >= 15 is 0 Å². The number of hydrogen-bond donors (Lipinski definition) is 2. The molecule has 1 unspecified atom stereocenters. The highest BCUT2D eigenvalue weighted by atomic mass is 16.5. The van der Waals surface area contributed by atoms with Gasteiger partial charge in [-0.15, -0.1) is 0 Å². The summed E-state index contributed by atoms with van der Waals surface area (Å²) >= 11 is 0. The van der Waals surface area contributed by atoms with Crippen LogP contribution in [0, 0.1) is 0 Å². The van der Waals surface area contributed by atoms with E-state index in [9.17, 15) is 14.7 Å². The van der Waals surface area contributed by atoms with Gasteiger partial charge in [0.2, 0.25) is 0 Å². The Balaban J connectivity index is 1.70. The fourth-order valence-electron chi connectivity index (χ4n) is 3.46. The fraction of sp³-hybridized carbons (Fsp3) is 0.364. The highest BCUT2D eigenvalue weighted by molar-refractivity contribution is 5.97. The van der Waals surface area contributed by atoms with Gasteiger partial charge in [0.25, 0.3) is 0 Å². The Morgan fingerprint density at radius 1 is 1.25 bits per heavy atom. The lowest BCUT2D eigenvalue weighted by Crippen LogP contribution is -2.22. The average molecular weight is 384 g/mol. The molecule has 0 fully saturated rings. The van der Waals surface area contributed by atoms with Crippen molar-refractivity contribution < 1.29 is 29.3 Å². The normalized spacial score (nSPS) is 15.0. The molecule has 0 bridgehead atoms. The van der Waals surface area contributed by atoms with Crippen LogP contribution in [0.15, 0.2) is 30.3 Å². The number of phenolic OH excluding ortho intramolecular Hbond substituents is 1. The molecular weight excluding hydrogens is 360 g/mol. The zero-order valence-electron chi connectivity index (χ0n) is 16.0. The first kappa shape index (κ1) is 19.7. The summed E-state index contributed by atoms with van der Waals surface area (Å²) in [5.41, 5.74) is 2.64. The third kappa shape index (κ3) is 4.27. The Kier molecular flexibility index (Phi) is 5.87. The monoisotopic (exact) mass is 384 g/mol. The van der Waals surface area contributed by atoms with Crippen LogP contribution in [-0.4, -0.2) is 34.7 Å². The minimum Gasteiger partial charge on any atom is -0.507 e. The van der Waals surface area contributed by atoms with Gasteiger partial charge in [0, 0.05) is 12.0 Å². The van der Waals surface area contributed by atoms with E-state index in [0.29, 0.717) is 35.7 Å². The molecule has 0 radical (unpaired) electrons. The van der Waals surface area contributed by atoms with Gasteiger partial charge in [-0.2, -0.15) is 0 Å². The maximum atomic E-state index is 11.6. The largest absolute Gasteiger partial charge is 0.507 e. The molecule has 6 nitrogen and oxygen atoms in total. The van der Waals surface area contributed by atoms with Gasteiger partial charge in [-0.3, -0.25) is 9.59 Å². The SMILES string of the molecule is CCCc1cc(CC(=O)O)ccc1OCC1Cc2c(ccc(C(C)=O)c2O)O1. The Hall–Kier alpha value is -3.02. The molecule has 2 N–H and O–H groups in total. The second kappa shape index (κ2) is 8.33. The number of carboxylic acids is 1. The van der Waals surface area contributed by atoms with Crippen LogP contribution in [0.1, 0.15) is 47.3 Å². The number of rotatable bonds is 8. The number of carbonyl (C=O) groups is 2. The summed E-state index contributed by atoms with van der Waals surface area (Å²) < 4.78 is 11.8. The summed E-state index contributed by atoms with van der Waals surface area (Å²) in [6, 6.07) is 8.71. The van der Waals surface area contributed by atoms with Crippen LogP contribution in [0.5, 0.6) is 17.2 Å². The Morgan fingerprint density at radius 3 is 2.71 bits per heavy atom. The molecule has 0 saturated carbocycles. The van der Waals surface area contributed by atoms with Gasteiger partial charge in [0.15, 0.2) is 5.78 Å². The minimum atomic E-state index is -0.863. The molecule has 0 spiro atoms.